The Balaban J connectivity index is 1.96. The van der Waals surface area contributed by atoms with E-state index in [1.165, 1.54) is 32.1 Å². The van der Waals surface area contributed by atoms with Gasteiger partial charge in [-0.15, -0.1) is 6.58 Å². The molecule has 3 atom stereocenters. The van der Waals surface area contributed by atoms with Crippen LogP contribution in [0.5, 0.6) is 0 Å². The summed E-state index contributed by atoms with van der Waals surface area (Å²) in [4.78, 5) is 0. The van der Waals surface area contributed by atoms with Crippen molar-refractivity contribution >= 4 is 0 Å². The lowest BCUT2D eigenvalue weighted by atomic mass is 9.56. The van der Waals surface area contributed by atoms with Gasteiger partial charge in [-0.1, -0.05) is 38.2 Å². The maximum atomic E-state index is 10.0. The summed E-state index contributed by atoms with van der Waals surface area (Å²) in [6.07, 6.45) is 9.94. The zero-order valence-corrected chi connectivity index (χ0v) is 9.21. The second-order valence-corrected chi connectivity index (χ2v) is 5.38. The highest BCUT2D eigenvalue weighted by Crippen LogP contribution is 2.51. The van der Waals surface area contributed by atoms with E-state index in [-0.39, 0.29) is 0 Å². The van der Waals surface area contributed by atoms with Crippen LogP contribution >= 0.6 is 0 Å². The molecule has 0 aliphatic heterocycles. The fourth-order valence-corrected chi connectivity index (χ4v) is 3.49. The first-order chi connectivity index (χ1) is 6.65. The Bertz CT molecular complexity index is 213. The molecule has 1 heteroatoms. The van der Waals surface area contributed by atoms with Crippen molar-refractivity contribution < 1.29 is 5.11 Å². The van der Waals surface area contributed by atoms with E-state index in [1.54, 1.807) is 0 Å². The quantitative estimate of drug-likeness (QED) is 0.670. The maximum Gasteiger partial charge on any atom is 0.0687 e. The standard InChI is InChI=1S/C13H22O/c1-3-12-11(9-13(12,2)14)10-7-5-4-6-8-10/h3,10-12,14H,1,4-9H2,2H3. The summed E-state index contributed by atoms with van der Waals surface area (Å²) in [7, 11) is 0. The molecule has 0 spiro atoms. The van der Waals surface area contributed by atoms with Gasteiger partial charge in [0.05, 0.1) is 5.60 Å². The summed E-state index contributed by atoms with van der Waals surface area (Å²) in [5.41, 5.74) is -0.455. The first-order valence-electron chi connectivity index (χ1n) is 6.00. The van der Waals surface area contributed by atoms with Crippen LogP contribution < -0.4 is 0 Å². The molecular formula is C13H22O. The van der Waals surface area contributed by atoms with Crippen LogP contribution in [0.1, 0.15) is 45.4 Å². The Morgan fingerprint density at radius 2 is 1.93 bits per heavy atom. The summed E-state index contributed by atoms with van der Waals surface area (Å²) < 4.78 is 0. The Labute approximate surface area is 87.2 Å². The summed E-state index contributed by atoms with van der Waals surface area (Å²) >= 11 is 0. The van der Waals surface area contributed by atoms with E-state index < -0.39 is 5.60 Å². The van der Waals surface area contributed by atoms with E-state index in [0.717, 1.165) is 18.3 Å². The summed E-state index contributed by atoms with van der Waals surface area (Å²) in [6, 6.07) is 0. The Kier molecular flexibility index (Phi) is 2.70. The lowest BCUT2D eigenvalue weighted by molar-refractivity contribution is -0.124. The third-order valence-electron chi connectivity index (χ3n) is 4.34. The Hall–Kier alpha value is -0.300. The minimum atomic E-state index is -0.455. The van der Waals surface area contributed by atoms with Crippen LogP contribution in [-0.4, -0.2) is 10.7 Å². The molecule has 0 radical (unpaired) electrons. The van der Waals surface area contributed by atoms with Gasteiger partial charge in [0, 0.05) is 5.92 Å². The van der Waals surface area contributed by atoms with Crippen molar-refractivity contribution in [2.24, 2.45) is 17.8 Å². The molecule has 1 nitrogen and oxygen atoms in total. The molecule has 80 valence electrons. The van der Waals surface area contributed by atoms with Gasteiger partial charge in [-0.05, 0) is 25.2 Å². The SMILES string of the molecule is C=CC1C(C2CCCCC2)CC1(C)O. The van der Waals surface area contributed by atoms with E-state index in [2.05, 4.69) is 6.58 Å². The molecule has 0 saturated heterocycles. The molecule has 2 aliphatic rings. The van der Waals surface area contributed by atoms with Crippen molar-refractivity contribution in [2.75, 3.05) is 0 Å². The second-order valence-electron chi connectivity index (χ2n) is 5.38. The molecule has 0 heterocycles. The van der Waals surface area contributed by atoms with Gasteiger partial charge >= 0.3 is 0 Å². The van der Waals surface area contributed by atoms with Crippen molar-refractivity contribution in [3.63, 3.8) is 0 Å². The van der Waals surface area contributed by atoms with E-state index in [4.69, 9.17) is 0 Å². The van der Waals surface area contributed by atoms with Gasteiger partial charge < -0.3 is 5.11 Å². The van der Waals surface area contributed by atoms with Crippen molar-refractivity contribution in [2.45, 2.75) is 51.0 Å². The lowest BCUT2D eigenvalue weighted by Crippen LogP contribution is -2.53. The van der Waals surface area contributed by atoms with Gasteiger partial charge in [-0.2, -0.15) is 0 Å². The van der Waals surface area contributed by atoms with Crippen LogP contribution in [0.2, 0.25) is 0 Å². The van der Waals surface area contributed by atoms with E-state index in [9.17, 15) is 5.11 Å². The molecule has 2 rings (SSSR count). The van der Waals surface area contributed by atoms with Crippen molar-refractivity contribution in [1.82, 2.24) is 0 Å². The first-order valence-corrected chi connectivity index (χ1v) is 6.00. The zero-order valence-electron chi connectivity index (χ0n) is 9.21. The average Bonchev–Trinajstić information content (AvgIpc) is 2.17. The van der Waals surface area contributed by atoms with E-state index >= 15 is 0 Å². The topological polar surface area (TPSA) is 20.2 Å². The van der Waals surface area contributed by atoms with Crippen molar-refractivity contribution in [1.29, 1.82) is 0 Å². The fourth-order valence-electron chi connectivity index (χ4n) is 3.49. The summed E-state index contributed by atoms with van der Waals surface area (Å²) in [6.45, 7) is 5.82. The molecule has 0 bridgehead atoms. The number of hydrogen-bond donors (Lipinski definition) is 1. The monoisotopic (exact) mass is 194 g/mol. The third kappa shape index (κ3) is 1.63. The molecule has 0 amide bonds. The highest BCUT2D eigenvalue weighted by atomic mass is 16.3. The van der Waals surface area contributed by atoms with Gasteiger partial charge in [-0.3, -0.25) is 0 Å². The highest BCUT2D eigenvalue weighted by Gasteiger charge is 2.50. The van der Waals surface area contributed by atoms with E-state index in [0.29, 0.717) is 5.92 Å². The largest absolute Gasteiger partial charge is 0.390 e. The number of rotatable bonds is 2. The minimum Gasteiger partial charge on any atom is -0.390 e. The molecule has 2 saturated carbocycles. The van der Waals surface area contributed by atoms with E-state index in [1.807, 2.05) is 13.0 Å². The molecule has 1 N–H and O–H groups in total. The maximum absolute atomic E-state index is 10.0. The number of aliphatic hydroxyl groups is 1. The van der Waals surface area contributed by atoms with Gasteiger partial charge in [0.15, 0.2) is 0 Å². The predicted octanol–water partition coefficient (Wildman–Crippen LogP) is 3.14. The smallest absolute Gasteiger partial charge is 0.0687 e. The molecule has 2 aliphatic carbocycles. The van der Waals surface area contributed by atoms with Crippen molar-refractivity contribution in [3.8, 4) is 0 Å². The molecular weight excluding hydrogens is 172 g/mol. The minimum absolute atomic E-state index is 0.352. The van der Waals surface area contributed by atoms with Crippen molar-refractivity contribution in [3.05, 3.63) is 12.7 Å². The number of hydrogen-bond acceptors (Lipinski definition) is 1. The normalized spacial score (nSPS) is 44.4. The van der Waals surface area contributed by atoms with Gasteiger partial charge in [0.25, 0.3) is 0 Å². The van der Waals surface area contributed by atoms with Gasteiger partial charge in [0.1, 0.15) is 0 Å². The van der Waals surface area contributed by atoms with Crippen LogP contribution in [0.4, 0.5) is 0 Å². The summed E-state index contributed by atoms with van der Waals surface area (Å²) in [5.74, 6) is 1.94. The third-order valence-corrected chi connectivity index (χ3v) is 4.34. The van der Waals surface area contributed by atoms with Crippen LogP contribution in [0.25, 0.3) is 0 Å². The molecule has 2 fully saturated rings. The molecule has 0 aromatic carbocycles. The summed E-state index contributed by atoms with van der Waals surface area (Å²) in [5, 5.41) is 10.0. The molecule has 14 heavy (non-hydrogen) atoms. The van der Waals surface area contributed by atoms with Crippen LogP contribution in [-0.2, 0) is 0 Å². The molecule has 0 aromatic rings. The predicted molar refractivity (Wildman–Crippen MR) is 59.0 cm³/mol. The van der Waals surface area contributed by atoms with Crippen LogP contribution in [0, 0.1) is 17.8 Å². The molecule has 0 aromatic heterocycles. The zero-order chi connectivity index (χ0) is 10.2. The van der Waals surface area contributed by atoms with Gasteiger partial charge in [0.2, 0.25) is 0 Å². The fraction of sp³-hybridized carbons (Fsp3) is 0.846. The second kappa shape index (κ2) is 3.69. The first kappa shape index (κ1) is 10.2. The Morgan fingerprint density at radius 3 is 2.43 bits per heavy atom. The highest BCUT2D eigenvalue weighted by molar-refractivity contribution is 5.08. The lowest BCUT2D eigenvalue weighted by Gasteiger charge is -2.52. The average molecular weight is 194 g/mol. The van der Waals surface area contributed by atoms with Crippen LogP contribution in [0.15, 0.2) is 12.7 Å². The molecule has 3 unspecified atom stereocenters. The van der Waals surface area contributed by atoms with Gasteiger partial charge in [-0.25, -0.2) is 0 Å². The van der Waals surface area contributed by atoms with Crippen LogP contribution in [0.3, 0.4) is 0 Å². The Morgan fingerprint density at radius 1 is 1.29 bits per heavy atom.